The summed E-state index contributed by atoms with van der Waals surface area (Å²) in [5.74, 6) is -1.05. The molecule has 2 aliphatic rings. The summed E-state index contributed by atoms with van der Waals surface area (Å²) in [7, 11) is 0. The summed E-state index contributed by atoms with van der Waals surface area (Å²) in [6.45, 7) is 4.29. The van der Waals surface area contributed by atoms with Crippen LogP contribution in [0.1, 0.15) is 45.4 Å². The van der Waals surface area contributed by atoms with E-state index in [1.54, 1.807) is 0 Å². The van der Waals surface area contributed by atoms with Gasteiger partial charge in [0.1, 0.15) is 0 Å². The van der Waals surface area contributed by atoms with Gasteiger partial charge in [0.2, 0.25) is 5.91 Å². The average Bonchev–Trinajstić information content (AvgIpc) is 2.94. The highest BCUT2D eigenvalue weighted by Crippen LogP contribution is 2.33. The number of carboxylic acids is 1. The number of hydrogen-bond acceptors (Lipinski definition) is 3. The first-order valence-corrected chi connectivity index (χ1v) is 7.75. The van der Waals surface area contributed by atoms with Crippen LogP contribution in [-0.4, -0.2) is 47.7 Å². The fraction of sp³-hybridized carbons (Fsp3) is 0.867. The van der Waals surface area contributed by atoms with Crippen molar-refractivity contribution in [3.63, 3.8) is 0 Å². The number of carbonyl (C=O) groups excluding carboxylic acids is 1. The van der Waals surface area contributed by atoms with Crippen molar-refractivity contribution in [2.75, 3.05) is 19.7 Å². The zero-order valence-corrected chi connectivity index (χ0v) is 12.2. The number of aliphatic carboxylic acids is 1. The van der Waals surface area contributed by atoms with Gasteiger partial charge in [-0.3, -0.25) is 9.59 Å². The minimum absolute atomic E-state index is 0.0963. The molecule has 0 aromatic rings. The molecule has 1 N–H and O–H groups in total. The quantitative estimate of drug-likeness (QED) is 0.837. The molecule has 0 spiro atoms. The molecule has 1 heterocycles. The highest BCUT2D eigenvalue weighted by atomic mass is 16.5. The first-order chi connectivity index (χ1) is 9.61. The number of amides is 1. The summed E-state index contributed by atoms with van der Waals surface area (Å²) < 4.78 is 5.75. The monoisotopic (exact) mass is 283 g/mol. The SMILES string of the molecule is CCCOC1CCCN(C(=O)[C@@H]2CC[C@H](C(=O)O)C2)C1. The van der Waals surface area contributed by atoms with Crippen LogP contribution in [-0.2, 0) is 14.3 Å². The van der Waals surface area contributed by atoms with E-state index in [4.69, 9.17) is 9.84 Å². The van der Waals surface area contributed by atoms with E-state index in [2.05, 4.69) is 6.92 Å². The van der Waals surface area contributed by atoms with Gasteiger partial charge in [-0.2, -0.15) is 0 Å². The fourth-order valence-corrected chi connectivity index (χ4v) is 3.25. The number of rotatable bonds is 5. The van der Waals surface area contributed by atoms with Crippen LogP contribution in [0.25, 0.3) is 0 Å². The topological polar surface area (TPSA) is 66.8 Å². The van der Waals surface area contributed by atoms with Gasteiger partial charge in [0.05, 0.1) is 12.0 Å². The third-order valence-electron chi connectivity index (χ3n) is 4.38. The van der Waals surface area contributed by atoms with Crippen molar-refractivity contribution in [2.45, 2.75) is 51.6 Å². The van der Waals surface area contributed by atoms with E-state index < -0.39 is 5.97 Å². The van der Waals surface area contributed by atoms with Crippen molar-refractivity contribution in [1.82, 2.24) is 4.90 Å². The smallest absolute Gasteiger partial charge is 0.306 e. The lowest BCUT2D eigenvalue weighted by Gasteiger charge is -2.34. The molecule has 0 aromatic heterocycles. The number of piperidine rings is 1. The molecule has 2 fully saturated rings. The molecule has 5 heteroatoms. The maximum Gasteiger partial charge on any atom is 0.306 e. The van der Waals surface area contributed by atoms with E-state index in [-0.39, 0.29) is 23.8 Å². The molecule has 3 atom stereocenters. The molecule has 1 saturated carbocycles. The van der Waals surface area contributed by atoms with Crippen LogP contribution in [0.4, 0.5) is 0 Å². The van der Waals surface area contributed by atoms with Crippen LogP contribution in [0, 0.1) is 11.8 Å². The molecule has 1 amide bonds. The van der Waals surface area contributed by atoms with Crippen molar-refractivity contribution in [3.05, 3.63) is 0 Å². The summed E-state index contributed by atoms with van der Waals surface area (Å²) in [6, 6.07) is 0. The van der Waals surface area contributed by atoms with E-state index in [1.165, 1.54) is 0 Å². The molecule has 1 aliphatic carbocycles. The molecule has 0 bridgehead atoms. The molecular formula is C15H25NO4. The highest BCUT2D eigenvalue weighted by Gasteiger charge is 2.37. The van der Waals surface area contributed by atoms with E-state index in [0.717, 1.165) is 32.4 Å². The summed E-state index contributed by atoms with van der Waals surface area (Å²) in [5.41, 5.74) is 0. The van der Waals surface area contributed by atoms with Crippen molar-refractivity contribution < 1.29 is 19.4 Å². The van der Waals surface area contributed by atoms with Crippen molar-refractivity contribution in [1.29, 1.82) is 0 Å². The second-order valence-corrected chi connectivity index (χ2v) is 5.96. The van der Waals surface area contributed by atoms with Gasteiger partial charge < -0.3 is 14.7 Å². The Morgan fingerprint density at radius 3 is 2.65 bits per heavy atom. The number of nitrogens with zero attached hydrogens (tertiary/aromatic N) is 1. The summed E-state index contributed by atoms with van der Waals surface area (Å²) >= 11 is 0. The predicted molar refractivity (Wildman–Crippen MR) is 74.3 cm³/mol. The van der Waals surface area contributed by atoms with Crippen molar-refractivity contribution >= 4 is 11.9 Å². The Bertz CT molecular complexity index is 358. The lowest BCUT2D eigenvalue weighted by Crippen LogP contribution is -2.45. The van der Waals surface area contributed by atoms with Crippen molar-refractivity contribution in [3.8, 4) is 0 Å². The summed E-state index contributed by atoms with van der Waals surface area (Å²) in [6.07, 6.45) is 5.01. The number of hydrogen-bond donors (Lipinski definition) is 1. The molecule has 2 rings (SSSR count). The van der Waals surface area contributed by atoms with Gasteiger partial charge in [0.25, 0.3) is 0 Å². The lowest BCUT2D eigenvalue weighted by atomic mass is 10.0. The van der Waals surface area contributed by atoms with Gasteiger partial charge in [-0.05, 0) is 38.5 Å². The van der Waals surface area contributed by atoms with E-state index >= 15 is 0 Å². The minimum atomic E-state index is -0.761. The number of carboxylic acid groups (broad SMARTS) is 1. The largest absolute Gasteiger partial charge is 0.481 e. The zero-order valence-electron chi connectivity index (χ0n) is 12.2. The second-order valence-electron chi connectivity index (χ2n) is 5.96. The average molecular weight is 283 g/mol. The Morgan fingerprint density at radius 1 is 1.25 bits per heavy atom. The van der Waals surface area contributed by atoms with E-state index in [0.29, 0.717) is 25.8 Å². The van der Waals surface area contributed by atoms with Crippen LogP contribution in [0.15, 0.2) is 0 Å². The maximum atomic E-state index is 12.5. The molecule has 114 valence electrons. The van der Waals surface area contributed by atoms with Gasteiger partial charge in [-0.1, -0.05) is 6.92 Å². The molecule has 1 saturated heterocycles. The number of likely N-dealkylation sites (tertiary alicyclic amines) is 1. The Kier molecular flexibility index (Phi) is 5.40. The van der Waals surface area contributed by atoms with Gasteiger partial charge in [-0.25, -0.2) is 0 Å². The molecule has 0 aromatic carbocycles. The number of ether oxygens (including phenoxy) is 1. The third kappa shape index (κ3) is 3.72. The molecule has 20 heavy (non-hydrogen) atoms. The van der Waals surface area contributed by atoms with Crippen LogP contribution < -0.4 is 0 Å². The summed E-state index contributed by atoms with van der Waals surface area (Å²) in [4.78, 5) is 25.3. The molecule has 0 radical (unpaired) electrons. The first kappa shape index (κ1) is 15.3. The van der Waals surface area contributed by atoms with Gasteiger partial charge in [0, 0.05) is 25.6 Å². The Balaban J connectivity index is 1.84. The zero-order chi connectivity index (χ0) is 14.5. The van der Waals surface area contributed by atoms with Crippen LogP contribution in [0.2, 0.25) is 0 Å². The Morgan fingerprint density at radius 2 is 2.00 bits per heavy atom. The number of carbonyl (C=O) groups is 2. The van der Waals surface area contributed by atoms with E-state index in [1.807, 2.05) is 4.90 Å². The molecular weight excluding hydrogens is 258 g/mol. The Labute approximate surface area is 120 Å². The van der Waals surface area contributed by atoms with Gasteiger partial charge >= 0.3 is 5.97 Å². The first-order valence-electron chi connectivity index (χ1n) is 7.75. The normalized spacial score (nSPS) is 30.4. The molecule has 5 nitrogen and oxygen atoms in total. The second kappa shape index (κ2) is 7.07. The predicted octanol–water partition coefficient (Wildman–Crippen LogP) is 1.90. The summed E-state index contributed by atoms with van der Waals surface area (Å²) in [5, 5.41) is 9.02. The lowest BCUT2D eigenvalue weighted by molar-refractivity contribution is -0.142. The minimum Gasteiger partial charge on any atom is -0.481 e. The van der Waals surface area contributed by atoms with Crippen LogP contribution >= 0.6 is 0 Å². The standard InChI is InChI=1S/C15H25NO4/c1-2-8-20-13-4-3-7-16(10-13)14(17)11-5-6-12(9-11)15(18)19/h11-13H,2-10H2,1H3,(H,18,19)/t11-,12+,13?/m1/s1. The highest BCUT2D eigenvalue weighted by molar-refractivity contribution is 5.81. The van der Waals surface area contributed by atoms with Crippen LogP contribution in [0.5, 0.6) is 0 Å². The van der Waals surface area contributed by atoms with Crippen LogP contribution in [0.3, 0.4) is 0 Å². The molecule has 1 unspecified atom stereocenters. The molecule has 1 aliphatic heterocycles. The third-order valence-corrected chi connectivity index (χ3v) is 4.38. The maximum absolute atomic E-state index is 12.5. The van der Waals surface area contributed by atoms with Crippen molar-refractivity contribution in [2.24, 2.45) is 11.8 Å². The van der Waals surface area contributed by atoms with Gasteiger partial charge in [-0.15, -0.1) is 0 Å². The Hall–Kier alpha value is -1.10. The van der Waals surface area contributed by atoms with Gasteiger partial charge in [0.15, 0.2) is 0 Å². The van der Waals surface area contributed by atoms with E-state index in [9.17, 15) is 9.59 Å². The fourth-order valence-electron chi connectivity index (χ4n) is 3.25.